The number of hydrogen-bond donors (Lipinski definition) is 1. The minimum absolute atomic E-state index is 0.239. The van der Waals surface area contributed by atoms with E-state index in [-0.39, 0.29) is 5.91 Å². The molecular formula is C23H21N3O4. The number of methoxy groups -OCH3 is 2. The van der Waals surface area contributed by atoms with Gasteiger partial charge in [0, 0.05) is 41.8 Å². The van der Waals surface area contributed by atoms with Gasteiger partial charge in [0.05, 0.1) is 19.9 Å². The lowest BCUT2D eigenvalue weighted by Gasteiger charge is -2.10. The lowest BCUT2D eigenvalue weighted by molar-refractivity contribution is 0.102. The van der Waals surface area contributed by atoms with Crippen LogP contribution in [-0.4, -0.2) is 29.5 Å². The van der Waals surface area contributed by atoms with Crippen molar-refractivity contribution in [1.29, 1.82) is 0 Å². The molecule has 152 valence electrons. The number of nitrogens with zero attached hydrogens (tertiary/aromatic N) is 2. The molecule has 4 rings (SSSR count). The van der Waals surface area contributed by atoms with Gasteiger partial charge in [0.15, 0.2) is 0 Å². The van der Waals surface area contributed by atoms with Gasteiger partial charge < -0.3 is 23.9 Å². The van der Waals surface area contributed by atoms with Gasteiger partial charge in [-0.25, -0.2) is 4.98 Å². The third-order valence-electron chi connectivity index (χ3n) is 4.53. The van der Waals surface area contributed by atoms with E-state index in [2.05, 4.69) is 10.3 Å². The number of amides is 1. The van der Waals surface area contributed by atoms with Crippen molar-refractivity contribution in [2.24, 2.45) is 0 Å². The van der Waals surface area contributed by atoms with Gasteiger partial charge in [0.2, 0.25) is 0 Å². The van der Waals surface area contributed by atoms with Crippen LogP contribution in [0.5, 0.6) is 17.2 Å². The number of pyridine rings is 1. The van der Waals surface area contributed by atoms with Crippen LogP contribution in [0.15, 0.2) is 73.1 Å². The van der Waals surface area contributed by atoms with Crippen molar-refractivity contribution >= 4 is 17.2 Å². The molecule has 0 unspecified atom stereocenters. The molecule has 0 aliphatic heterocycles. The van der Waals surface area contributed by atoms with Gasteiger partial charge in [-0.15, -0.1) is 0 Å². The molecule has 0 bridgehead atoms. The van der Waals surface area contributed by atoms with Crippen LogP contribution in [0.2, 0.25) is 0 Å². The average molecular weight is 403 g/mol. The van der Waals surface area contributed by atoms with Crippen LogP contribution in [-0.2, 0) is 6.61 Å². The van der Waals surface area contributed by atoms with Gasteiger partial charge in [-0.3, -0.25) is 4.79 Å². The first-order valence-corrected chi connectivity index (χ1v) is 9.34. The molecule has 4 aromatic rings. The third kappa shape index (κ3) is 4.35. The van der Waals surface area contributed by atoms with Gasteiger partial charge in [-0.1, -0.05) is 6.07 Å². The smallest absolute Gasteiger partial charge is 0.255 e. The quantitative estimate of drug-likeness (QED) is 0.501. The molecule has 0 aliphatic carbocycles. The van der Waals surface area contributed by atoms with Crippen molar-refractivity contribution in [1.82, 2.24) is 9.38 Å². The highest BCUT2D eigenvalue weighted by molar-refractivity contribution is 6.04. The number of benzene rings is 2. The van der Waals surface area contributed by atoms with E-state index in [1.165, 1.54) is 0 Å². The summed E-state index contributed by atoms with van der Waals surface area (Å²) in [6.45, 7) is 0.344. The Kier molecular flexibility index (Phi) is 5.52. The van der Waals surface area contributed by atoms with Crippen LogP contribution in [0, 0.1) is 0 Å². The predicted molar refractivity (Wildman–Crippen MR) is 113 cm³/mol. The molecule has 0 aliphatic rings. The largest absolute Gasteiger partial charge is 0.497 e. The fraction of sp³-hybridized carbons (Fsp3) is 0.130. The molecule has 2 aromatic heterocycles. The Balaban J connectivity index is 1.39. The molecule has 7 nitrogen and oxygen atoms in total. The first-order valence-electron chi connectivity index (χ1n) is 9.34. The number of hydrogen-bond acceptors (Lipinski definition) is 5. The summed E-state index contributed by atoms with van der Waals surface area (Å²) in [5, 5.41) is 2.85. The Bertz CT molecular complexity index is 1110. The summed E-state index contributed by atoms with van der Waals surface area (Å²) in [6.07, 6.45) is 3.87. The summed E-state index contributed by atoms with van der Waals surface area (Å²) < 4.78 is 18.2. The van der Waals surface area contributed by atoms with Crippen molar-refractivity contribution in [3.63, 3.8) is 0 Å². The molecule has 1 amide bonds. The summed E-state index contributed by atoms with van der Waals surface area (Å²) in [7, 11) is 3.12. The monoisotopic (exact) mass is 403 g/mol. The number of rotatable bonds is 7. The highest BCUT2D eigenvalue weighted by Gasteiger charge is 2.09. The summed E-state index contributed by atoms with van der Waals surface area (Å²) in [5.74, 6) is 1.62. The molecule has 7 heteroatoms. The standard InChI is InChI=1S/C23H21N3O4/c1-28-20-11-17(12-21(13-20)29-2)25-23(27)16-6-8-19(9-7-16)30-15-18-14-26-10-4-3-5-22(26)24-18/h3-14H,15H2,1-2H3,(H,25,27). The number of carbonyl (C=O) groups excluding carboxylic acids is 1. The Morgan fingerprint density at radius 1 is 0.967 bits per heavy atom. The molecule has 0 radical (unpaired) electrons. The highest BCUT2D eigenvalue weighted by atomic mass is 16.5. The topological polar surface area (TPSA) is 74.1 Å². The van der Waals surface area contributed by atoms with E-state index in [9.17, 15) is 4.79 Å². The first kappa shape index (κ1) is 19.3. The van der Waals surface area contributed by atoms with E-state index in [1.54, 1.807) is 56.7 Å². The van der Waals surface area contributed by atoms with Gasteiger partial charge in [0.1, 0.15) is 29.5 Å². The van der Waals surface area contributed by atoms with Crippen molar-refractivity contribution in [3.8, 4) is 17.2 Å². The molecule has 30 heavy (non-hydrogen) atoms. The fourth-order valence-corrected chi connectivity index (χ4v) is 3.00. The van der Waals surface area contributed by atoms with E-state index in [0.29, 0.717) is 35.1 Å². The molecular weight excluding hydrogens is 382 g/mol. The zero-order chi connectivity index (χ0) is 20.9. The van der Waals surface area contributed by atoms with Crippen LogP contribution in [0.4, 0.5) is 5.69 Å². The average Bonchev–Trinajstić information content (AvgIpc) is 3.20. The summed E-state index contributed by atoms with van der Waals surface area (Å²) in [5.41, 5.74) is 2.80. The summed E-state index contributed by atoms with van der Waals surface area (Å²) >= 11 is 0. The maximum atomic E-state index is 12.6. The lowest BCUT2D eigenvalue weighted by Crippen LogP contribution is -2.12. The SMILES string of the molecule is COc1cc(NC(=O)c2ccc(OCc3cn4ccccc4n3)cc2)cc(OC)c1. The number of aromatic nitrogens is 2. The maximum absolute atomic E-state index is 12.6. The van der Waals surface area contributed by atoms with Crippen molar-refractivity contribution in [2.75, 3.05) is 19.5 Å². The van der Waals surface area contributed by atoms with Crippen molar-refractivity contribution < 1.29 is 19.0 Å². The van der Waals surface area contributed by atoms with Crippen LogP contribution in [0.25, 0.3) is 5.65 Å². The number of fused-ring (bicyclic) bond motifs is 1. The third-order valence-corrected chi connectivity index (χ3v) is 4.53. The van der Waals surface area contributed by atoms with Gasteiger partial charge in [-0.05, 0) is 36.4 Å². The zero-order valence-corrected chi connectivity index (χ0v) is 16.7. The minimum Gasteiger partial charge on any atom is -0.497 e. The second kappa shape index (κ2) is 8.57. The lowest BCUT2D eigenvalue weighted by atomic mass is 10.2. The Labute approximate surface area is 173 Å². The Morgan fingerprint density at radius 3 is 2.37 bits per heavy atom. The molecule has 0 spiro atoms. The molecule has 2 aromatic carbocycles. The first-order chi connectivity index (χ1) is 14.6. The molecule has 2 heterocycles. The van der Waals surface area contributed by atoms with Crippen LogP contribution < -0.4 is 19.5 Å². The Hall–Kier alpha value is -4.00. The fourth-order valence-electron chi connectivity index (χ4n) is 3.00. The zero-order valence-electron chi connectivity index (χ0n) is 16.7. The van der Waals surface area contributed by atoms with E-state index in [4.69, 9.17) is 14.2 Å². The van der Waals surface area contributed by atoms with Crippen LogP contribution >= 0.6 is 0 Å². The van der Waals surface area contributed by atoms with E-state index >= 15 is 0 Å². The normalized spacial score (nSPS) is 10.6. The molecule has 0 fully saturated rings. The van der Waals surface area contributed by atoms with Crippen molar-refractivity contribution in [2.45, 2.75) is 6.61 Å². The van der Waals surface area contributed by atoms with Gasteiger partial charge in [-0.2, -0.15) is 0 Å². The van der Waals surface area contributed by atoms with E-state index in [0.717, 1.165) is 11.3 Å². The molecule has 0 saturated carbocycles. The van der Waals surface area contributed by atoms with Gasteiger partial charge >= 0.3 is 0 Å². The van der Waals surface area contributed by atoms with Crippen molar-refractivity contribution in [3.05, 3.63) is 84.3 Å². The number of carbonyl (C=O) groups is 1. The van der Waals surface area contributed by atoms with Crippen LogP contribution in [0.3, 0.4) is 0 Å². The second-order valence-corrected chi connectivity index (χ2v) is 6.57. The number of imidazole rings is 1. The maximum Gasteiger partial charge on any atom is 0.255 e. The number of anilines is 1. The molecule has 1 N–H and O–H groups in total. The molecule has 0 atom stereocenters. The summed E-state index contributed by atoms with van der Waals surface area (Å²) in [6, 6.07) is 18.0. The van der Waals surface area contributed by atoms with E-state index in [1.807, 2.05) is 35.0 Å². The number of nitrogens with one attached hydrogen (secondary N) is 1. The summed E-state index contributed by atoms with van der Waals surface area (Å²) in [4.78, 5) is 17.1. The minimum atomic E-state index is -0.239. The number of ether oxygens (including phenoxy) is 3. The Morgan fingerprint density at radius 2 is 1.70 bits per heavy atom. The highest BCUT2D eigenvalue weighted by Crippen LogP contribution is 2.26. The van der Waals surface area contributed by atoms with E-state index < -0.39 is 0 Å². The second-order valence-electron chi connectivity index (χ2n) is 6.57. The van der Waals surface area contributed by atoms with Gasteiger partial charge in [0.25, 0.3) is 5.91 Å². The molecule has 0 saturated heterocycles. The predicted octanol–water partition coefficient (Wildman–Crippen LogP) is 4.18. The van der Waals surface area contributed by atoms with Crippen LogP contribution in [0.1, 0.15) is 16.1 Å².